The number of benzene rings is 1. The number of carbonyl (C=O) groups is 1. The van der Waals surface area contributed by atoms with Crippen molar-refractivity contribution in [2.75, 3.05) is 25.1 Å². The number of amides is 1. The van der Waals surface area contributed by atoms with E-state index in [1.165, 1.54) is 11.1 Å². The maximum Gasteiger partial charge on any atom is 0.227 e. The molecule has 1 aliphatic heterocycles. The lowest BCUT2D eigenvalue weighted by molar-refractivity contribution is -0.119. The molecule has 17 heavy (non-hydrogen) atoms. The molecule has 2 N–H and O–H groups in total. The maximum atomic E-state index is 11.8. The Bertz CT molecular complexity index is 418. The Labute approximate surface area is 101 Å². The first-order chi connectivity index (χ1) is 8.26. The topological polar surface area (TPSA) is 52.6 Å². The van der Waals surface area contributed by atoms with Crippen LogP contribution in [-0.2, 0) is 17.8 Å². The van der Waals surface area contributed by atoms with Gasteiger partial charge in [-0.25, -0.2) is 0 Å². The minimum absolute atomic E-state index is 0.00342. The van der Waals surface area contributed by atoms with Crippen molar-refractivity contribution in [1.29, 1.82) is 0 Å². The Morgan fingerprint density at radius 2 is 2.24 bits per heavy atom. The Morgan fingerprint density at radius 1 is 1.41 bits per heavy atom. The molecule has 0 aromatic heterocycles. The number of aryl methyl sites for hydroxylation is 1. The van der Waals surface area contributed by atoms with E-state index in [1.54, 1.807) is 4.90 Å². The van der Waals surface area contributed by atoms with Crippen LogP contribution in [0.3, 0.4) is 0 Å². The molecule has 0 spiro atoms. The third-order valence-electron chi connectivity index (χ3n) is 3.05. The highest BCUT2D eigenvalue weighted by molar-refractivity contribution is 5.96. The van der Waals surface area contributed by atoms with E-state index in [0.717, 1.165) is 18.7 Å². The third kappa shape index (κ3) is 2.48. The number of carbonyl (C=O) groups excluding carboxylic acids is 1. The van der Waals surface area contributed by atoms with Gasteiger partial charge in [0.2, 0.25) is 5.91 Å². The number of aliphatic hydroxyl groups excluding tert-OH is 1. The van der Waals surface area contributed by atoms with Gasteiger partial charge in [-0.1, -0.05) is 12.1 Å². The minimum atomic E-state index is 0.00342. The Balaban J connectivity index is 2.30. The molecule has 1 aliphatic rings. The Morgan fingerprint density at radius 3 is 2.94 bits per heavy atom. The Hall–Kier alpha value is -1.39. The van der Waals surface area contributed by atoms with Gasteiger partial charge in [0, 0.05) is 25.2 Å². The largest absolute Gasteiger partial charge is 0.395 e. The molecule has 4 nitrogen and oxygen atoms in total. The Kier molecular flexibility index (Phi) is 3.76. The molecule has 1 heterocycles. The zero-order chi connectivity index (χ0) is 12.3. The highest BCUT2D eigenvalue weighted by Gasteiger charge is 2.23. The molecule has 1 amide bonds. The van der Waals surface area contributed by atoms with Crippen LogP contribution in [0.5, 0.6) is 0 Å². The summed E-state index contributed by atoms with van der Waals surface area (Å²) in [6.45, 7) is 1.22. The highest BCUT2D eigenvalue weighted by Crippen LogP contribution is 2.28. The van der Waals surface area contributed by atoms with Gasteiger partial charge in [-0.05, 0) is 30.7 Å². The summed E-state index contributed by atoms with van der Waals surface area (Å²) in [5.74, 6) is 0.105. The van der Waals surface area contributed by atoms with Crippen LogP contribution in [0.1, 0.15) is 17.5 Å². The van der Waals surface area contributed by atoms with Gasteiger partial charge in [0.05, 0.1) is 6.61 Å². The number of aliphatic hydroxyl groups is 1. The molecule has 0 aliphatic carbocycles. The quantitative estimate of drug-likeness (QED) is 0.805. The van der Waals surface area contributed by atoms with Crippen molar-refractivity contribution < 1.29 is 9.90 Å². The summed E-state index contributed by atoms with van der Waals surface area (Å²) in [5, 5.41) is 12.1. The van der Waals surface area contributed by atoms with Crippen molar-refractivity contribution in [3.8, 4) is 0 Å². The third-order valence-corrected chi connectivity index (χ3v) is 3.05. The second-order valence-corrected chi connectivity index (χ2v) is 4.26. The summed E-state index contributed by atoms with van der Waals surface area (Å²) in [6, 6.07) is 6.15. The van der Waals surface area contributed by atoms with Crippen molar-refractivity contribution in [2.24, 2.45) is 0 Å². The van der Waals surface area contributed by atoms with Gasteiger partial charge >= 0.3 is 0 Å². The molecule has 0 fully saturated rings. The summed E-state index contributed by atoms with van der Waals surface area (Å²) >= 11 is 0. The van der Waals surface area contributed by atoms with E-state index in [9.17, 15) is 4.79 Å². The van der Waals surface area contributed by atoms with Crippen molar-refractivity contribution in [3.63, 3.8) is 0 Å². The minimum Gasteiger partial charge on any atom is -0.395 e. The van der Waals surface area contributed by atoms with Crippen LogP contribution in [0, 0.1) is 0 Å². The van der Waals surface area contributed by atoms with Crippen molar-refractivity contribution >= 4 is 11.6 Å². The van der Waals surface area contributed by atoms with Gasteiger partial charge in [0.1, 0.15) is 0 Å². The average Bonchev–Trinajstić information content (AvgIpc) is 2.33. The molecule has 1 aromatic rings. The van der Waals surface area contributed by atoms with E-state index in [0.29, 0.717) is 13.0 Å². The lowest BCUT2D eigenvalue weighted by Gasteiger charge is -2.29. The van der Waals surface area contributed by atoms with Crippen molar-refractivity contribution in [2.45, 2.75) is 19.4 Å². The van der Waals surface area contributed by atoms with Gasteiger partial charge < -0.3 is 15.3 Å². The molecular formula is C13H18N2O2. The molecule has 4 heteroatoms. The van der Waals surface area contributed by atoms with E-state index >= 15 is 0 Å². The van der Waals surface area contributed by atoms with Crippen LogP contribution in [0.4, 0.5) is 5.69 Å². The van der Waals surface area contributed by atoms with Crippen molar-refractivity contribution in [3.05, 3.63) is 29.3 Å². The van der Waals surface area contributed by atoms with E-state index in [-0.39, 0.29) is 12.5 Å². The lowest BCUT2D eigenvalue weighted by Crippen LogP contribution is -2.37. The van der Waals surface area contributed by atoms with Crippen LogP contribution in [-0.4, -0.2) is 31.2 Å². The molecule has 92 valence electrons. The van der Waals surface area contributed by atoms with Gasteiger partial charge in [-0.15, -0.1) is 0 Å². The molecular weight excluding hydrogens is 216 g/mol. The number of fused-ring (bicyclic) bond motifs is 1. The van der Waals surface area contributed by atoms with E-state index in [1.807, 2.05) is 19.2 Å². The summed E-state index contributed by atoms with van der Waals surface area (Å²) < 4.78 is 0. The predicted molar refractivity (Wildman–Crippen MR) is 67.0 cm³/mol. The number of nitrogens with one attached hydrogen (secondary N) is 1. The highest BCUT2D eigenvalue weighted by atomic mass is 16.3. The van der Waals surface area contributed by atoms with E-state index < -0.39 is 0 Å². The SMILES string of the molecule is CNCc1ccc2c(c1)CCC(=O)N2CCO. The van der Waals surface area contributed by atoms with Gasteiger partial charge in [0.15, 0.2) is 0 Å². The molecule has 0 radical (unpaired) electrons. The van der Waals surface area contributed by atoms with Gasteiger partial charge in [0.25, 0.3) is 0 Å². The fraction of sp³-hybridized carbons (Fsp3) is 0.462. The van der Waals surface area contributed by atoms with Crippen molar-refractivity contribution in [1.82, 2.24) is 5.32 Å². The summed E-state index contributed by atoms with van der Waals surface area (Å²) in [4.78, 5) is 13.4. The number of anilines is 1. The van der Waals surface area contributed by atoms with Crippen LogP contribution < -0.4 is 10.2 Å². The first-order valence-electron chi connectivity index (χ1n) is 5.94. The fourth-order valence-electron chi connectivity index (χ4n) is 2.27. The second-order valence-electron chi connectivity index (χ2n) is 4.26. The van der Waals surface area contributed by atoms with E-state index in [4.69, 9.17) is 5.11 Å². The molecule has 1 aromatic carbocycles. The average molecular weight is 234 g/mol. The smallest absolute Gasteiger partial charge is 0.227 e. The van der Waals surface area contributed by atoms with Crippen LogP contribution in [0.25, 0.3) is 0 Å². The monoisotopic (exact) mass is 234 g/mol. The lowest BCUT2D eigenvalue weighted by atomic mass is 9.98. The number of β-amino-alcohol motifs (C(OH)–C–C–N with tert-alkyl or cyclic N) is 1. The summed E-state index contributed by atoms with van der Waals surface area (Å²) in [6.07, 6.45) is 1.34. The zero-order valence-corrected chi connectivity index (χ0v) is 10.1. The van der Waals surface area contributed by atoms with Crippen LogP contribution >= 0.6 is 0 Å². The van der Waals surface area contributed by atoms with Crippen LogP contribution in [0.2, 0.25) is 0 Å². The van der Waals surface area contributed by atoms with Gasteiger partial charge in [-0.3, -0.25) is 4.79 Å². The predicted octanol–water partition coefficient (Wildman–Crippen LogP) is 0.677. The maximum absolute atomic E-state index is 11.8. The molecule has 0 saturated heterocycles. The number of hydrogen-bond donors (Lipinski definition) is 2. The number of nitrogens with zero attached hydrogens (tertiary/aromatic N) is 1. The summed E-state index contributed by atoms with van der Waals surface area (Å²) in [5.41, 5.74) is 3.38. The van der Waals surface area contributed by atoms with Crippen LogP contribution in [0.15, 0.2) is 18.2 Å². The standard InChI is InChI=1S/C13H18N2O2/c1-14-9-10-2-4-12-11(8-10)3-5-13(17)15(12)6-7-16/h2,4,8,14,16H,3,5-7,9H2,1H3. The first-order valence-corrected chi connectivity index (χ1v) is 5.94. The summed E-state index contributed by atoms with van der Waals surface area (Å²) in [7, 11) is 1.92. The zero-order valence-electron chi connectivity index (χ0n) is 10.1. The fourth-order valence-corrected chi connectivity index (χ4v) is 2.27. The molecule has 0 unspecified atom stereocenters. The number of rotatable bonds is 4. The normalized spacial score (nSPS) is 14.9. The molecule has 0 saturated carbocycles. The second kappa shape index (κ2) is 5.29. The molecule has 0 atom stereocenters. The molecule has 2 rings (SSSR count). The van der Waals surface area contributed by atoms with E-state index in [2.05, 4.69) is 11.4 Å². The number of hydrogen-bond acceptors (Lipinski definition) is 3. The first kappa shape index (κ1) is 12.1. The van der Waals surface area contributed by atoms with Gasteiger partial charge in [-0.2, -0.15) is 0 Å². The molecule has 0 bridgehead atoms.